The van der Waals surface area contributed by atoms with Gasteiger partial charge in [0.25, 0.3) is 0 Å². The molecule has 3 aromatic rings. The van der Waals surface area contributed by atoms with Crippen LogP contribution in [-0.2, 0) is 16.1 Å². The van der Waals surface area contributed by atoms with E-state index in [4.69, 9.17) is 4.74 Å². The molecule has 0 radical (unpaired) electrons. The van der Waals surface area contributed by atoms with Crippen molar-refractivity contribution in [1.29, 1.82) is 0 Å². The number of aryl methyl sites for hydroxylation is 1. The van der Waals surface area contributed by atoms with Crippen LogP contribution in [0.4, 0.5) is 20.6 Å². The molecule has 0 aliphatic carbocycles. The third-order valence-electron chi connectivity index (χ3n) is 7.72. The second kappa shape index (κ2) is 12.5. The molecule has 2 heterocycles. The standard InChI is InChI=1S/C32H35FN4O4/c1-23-11-13-25(14-12-23)28(38)15-16-30(39)34(2)31-22-37(32(40)41-31)27-10-6-9-26(19-27)35-17-18-36(29(33)21-35)20-24-7-4-3-5-8-24/h3-14,19,29,31H,15-18,20-22H2,1-2H3/t29-,31?/m1/s1. The zero-order valence-electron chi connectivity index (χ0n) is 23.4. The molecule has 8 nitrogen and oxygen atoms in total. The van der Waals surface area contributed by atoms with Gasteiger partial charge in [0, 0.05) is 56.5 Å². The van der Waals surface area contributed by atoms with Gasteiger partial charge in [-0.15, -0.1) is 0 Å². The molecule has 2 amide bonds. The maximum atomic E-state index is 15.1. The van der Waals surface area contributed by atoms with E-state index < -0.39 is 18.6 Å². The number of piperazine rings is 1. The quantitative estimate of drug-likeness (QED) is 0.271. The minimum absolute atomic E-state index is 0.0212. The minimum atomic E-state index is -1.12. The number of rotatable bonds is 9. The van der Waals surface area contributed by atoms with E-state index in [0.29, 0.717) is 30.9 Å². The molecule has 2 atom stereocenters. The van der Waals surface area contributed by atoms with Gasteiger partial charge in [0.2, 0.25) is 5.91 Å². The molecule has 3 aromatic carbocycles. The van der Waals surface area contributed by atoms with Gasteiger partial charge in [-0.3, -0.25) is 19.4 Å². The van der Waals surface area contributed by atoms with Crippen molar-refractivity contribution in [3.05, 3.63) is 95.6 Å². The maximum Gasteiger partial charge on any atom is 0.416 e. The highest BCUT2D eigenvalue weighted by molar-refractivity contribution is 5.98. The number of Topliss-reactive ketones (excluding diaryl/α,β-unsaturated/α-hetero) is 1. The fourth-order valence-electron chi connectivity index (χ4n) is 5.17. The van der Waals surface area contributed by atoms with E-state index >= 15 is 4.39 Å². The number of carbonyl (C=O) groups excluding carboxylic acids is 3. The molecule has 0 N–H and O–H groups in total. The summed E-state index contributed by atoms with van der Waals surface area (Å²) in [5.74, 6) is -0.383. The Morgan fingerprint density at radius 2 is 1.66 bits per heavy atom. The summed E-state index contributed by atoms with van der Waals surface area (Å²) in [4.78, 5) is 44.8. The van der Waals surface area contributed by atoms with Crippen LogP contribution in [0.5, 0.6) is 0 Å². The van der Waals surface area contributed by atoms with E-state index in [1.165, 1.54) is 9.80 Å². The van der Waals surface area contributed by atoms with E-state index in [1.807, 2.05) is 77.4 Å². The van der Waals surface area contributed by atoms with Gasteiger partial charge in [-0.1, -0.05) is 66.2 Å². The van der Waals surface area contributed by atoms with Crippen molar-refractivity contribution in [3.8, 4) is 0 Å². The Bertz CT molecular complexity index is 1380. The Labute approximate surface area is 239 Å². The van der Waals surface area contributed by atoms with Gasteiger partial charge < -0.3 is 14.5 Å². The molecular formula is C32H35FN4O4. The molecule has 5 rings (SSSR count). The highest BCUT2D eigenvalue weighted by Gasteiger charge is 2.37. The van der Waals surface area contributed by atoms with Gasteiger partial charge in [-0.2, -0.15) is 0 Å². The monoisotopic (exact) mass is 558 g/mol. The number of anilines is 2. The van der Waals surface area contributed by atoms with Crippen LogP contribution < -0.4 is 9.80 Å². The normalized spacial score (nSPS) is 19.2. The summed E-state index contributed by atoms with van der Waals surface area (Å²) in [6.45, 7) is 4.12. The number of benzene rings is 3. The van der Waals surface area contributed by atoms with Crippen molar-refractivity contribution in [2.24, 2.45) is 0 Å². The van der Waals surface area contributed by atoms with Gasteiger partial charge in [0.05, 0.1) is 13.1 Å². The minimum Gasteiger partial charge on any atom is -0.423 e. The number of likely N-dealkylation sites (N-methyl/N-ethyl adjacent to an activating group) is 1. The summed E-state index contributed by atoms with van der Waals surface area (Å²) in [5, 5.41) is 0. The molecular weight excluding hydrogens is 523 g/mol. The first-order chi connectivity index (χ1) is 19.8. The van der Waals surface area contributed by atoms with E-state index in [1.54, 1.807) is 25.2 Å². The van der Waals surface area contributed by atoms with E-state index in [-0.39, 0.29) is 37.6 Å². The number of alkyl halides is 1. The zero-order valence-corrected chi connectivity index (χ0v) is 23.4. The Morgan fingerprint density at radius 3 is 2.39 bits per heavy atom. The summed E-state index contributed by atoms with van der Waals surface area (Å²) >= 11 is 0. The maximum absolute atomic E-state index is 15.1. The van der Waals surface area contributed by atoms with Crippen LogP contribution in [0.15, 0.2) is 78.9 Å². The molecule has 0 aromatic heterocycles. The van der Waals surface area contributed by atoms with Crippen LogP contribution in [0, 0.1) is 6.92 Å². The first kappa shape index (κ1) is 28.3. The summed E-state index contributed by atoms with van der Waals surface area (Å²) in [7, 11) is 1.58. The largest absolute Gasteiger partial charge is 0.423 e. The van der Waals surface area contributed by atoms with Crippen molar-refractivity contribution in [2.45, 2.75) is 38.8 Å². The second-order valence-corrected chi connectivity index (χ2v) is 10.6. The third-order valence-corrected chi connectivity index (χ3v) is 7.72. The van der Waals surface area contributed by atoms with Crippen LogP contribution in [0.25, 0.3) is 0 Å². The summed E-state index contributed by atoms with van der Waals surface area (Å²) in [6, 6.07) is 24.5. The number of hydrogen-bond donors (Lipinski definition) is 0. The van der Waals surface area contributed by atoms with Crippen molar-refractivity contribution in [1.82, 2.24) is 9.80 Å². The third kappa shape index (κ3) is 6.74. The number of halogens is 1. The molecule has 0 saturated carbocycles. The number of cyclic esters (lactones) is 1. The number of hydrogen-bond acceptors (Lipinski definition) is 6. The first-order valence-electron chi connectivity index (χ1n) is 13.9. The van der Waals surface area contributed by atoms with Gasteiger partial charge in [0.15, 0.2) is 18.3 Å². The first-order valence-corrected chi connectivity index (χ1v) is 13.9. The number of amides is 2. The van der Waals surface area contributed by atoms with Crippen LogP contribution in [0.1, 0.15) is 34.3 Å². The van der Waals surface area contributed by atoms with Crippen LogP contribution in [0.3, 0.4) is 0 Å². The molecule has 2 saturated heterocycles. The van der Waals surface area contributed by atoms with E-state index in [0.717, 1.165) is 16.8 Å². The highest BCUT2D eigenvalue weighted by Crippen LogP contribution is 2.29. The molecule has 9 heteroatoms. The summed E-state index contributed by atoms with van der Waals surface area (Å²) in [6.07, 6.45) is -2.35. The Balaban J connectivity index is 1.16. The topological polar surface area (TPSA) is 73.4 Å². The molecule has 1 unspecified atom stereocenters. The Kier molecular flexibility index (Phi) is 8.64. The number of ketones is 1. The van der Waals surface area contributed by atoms with Crippen molar-refractivity contribution < 1.29 is 23.5 Å². The molecule has 0 spiro atoms. The Hall–Kier alpha value is -4.24. The van der Waals surface area contributed by atoms with Crippen LogP contribution in [0.2, 0.25) is 0 Å². The van der Waals surface area contributed by atoms with Gasteiger partial charge in [-0.25, -0.2) is 9.18 Å². The van der Waals surface area contributed by atoms with Crippen LogP contribution >= 0.6 is 0 Å². The lowest BCUT2D eigenvalue weighted by atomic mass is 10.0. The number of nitrogens with zero attached hydrogens (tertiary/aromatic N) is 4. The smallest absolute Gasteiger partial charge is 0.416 e. The lowest BCUT2D eigenvalue weighted by Crippen LogP contribution is -2.50. The van der Waals surface area contributed by atoms with Crippen molar-refractivity contribution in [3.63, 3.8) is 0 Å². The number of carbonyl (C=O) groups is 3. The molecule has 2 fully saturated rings. The average molecular weight is 559 g/mol. The molecule has 2 aliphatic rings. The lowest BCUT2D eigenvalue weighted by molar-refractivity contribution is -0.136. The predicted octanol–water partition coefficient (Wildman–Crippen LogP) is 5.02. The SMILES string of the molecule is Cc1ccc(C(=O)CCC(=O)N(C)C2CN(c3cccc(N4CCN(Cc5ccccc5)[C@@H](F)C4)c3)C(=O)O2)cc1. The molecule has 41 heavy (non-hydrogen) atoms. The molecule has 0 bridgehead atoms. The van der Waals surface area contributed by atoms with Gasteiger partial charge in [-0.05, 0) is 30.7 Å². The lowest BCUT2D eigenvalue weighted by Gasteiger charge is -2.39. The predicted molar refractivity (Wildman–Crippen MR) is 156 cm³/mol. The van der Waals surface area contributed by atoms with Crippen molar-refractivity contribution in [2.75, 3.05) is 43.0 Å². The van der Waals surface area contributed by atoms with E-state index in [9.17, 15) is 14.4 Å². The molecule has 2 aliphatic heterocycles. The highest BCUT2D eigenvalue weighted by atomic mass is 19.1. The van der Waals surface area contributed by atoms with Gasteiger partial charge >= 0.3 is 6.09 Å². The fraction of sp³-hybridized carbons (Fsp3) is 0.344. The number of ether oxygens (including phenoxy) is 1. The van der Waals surface area contributed by atoms with Gasteiger partial charge in [0.1, 0.15) is 0 Å². The van der Waals surface area contributed by atoms with Crippen molar-refractivity contribution >= 4 is 29.2 Å². The average Bonchev–Trinajstić information content (AvgIpc) is 3.38. The second-order valence-electron chi connectivity index (χ2n) is 10.6. The summed E-state index contributed by atoms with van der Waals surface area (Å²) in [5.41, 5.74) is 4.14. The zero-order chi connectivity index (χ0) is 28.9. The fourth-order valence-corrected chi connectivity index (χ4v) is 5.17. The molecule has 214 valence electrons. The van der Waals surface area contributed by atoms with E-state index in [2.05, 4.69) is 0 Å². The van der Waals surface area contributed by atoms with Crippen LogP contribution in [-0.4, -0.2) is 73.3 Å². The summed E-state index contributed by atoms with van der Waals surface area (Å²) < 4.78 is 20.6. The Morgan fingerprint density at radius 1 is 0.927 bits per heavy atom.